The second kappa shape index (κ2) is 6.56. The maximum atomic E-state index is 11.6. The van der Waals surface area contributed by atoms with Crippen molar-refractivity contribution in [1.82, 2.24) is 4.90 Å². The first-order valence-electron chi connectivity index (χ1n) is 7.89. The van der Waals surface area contributed by atoms with Gasteiger partial charge in [-0.2, -0.15) is 0 Å². The second-order valence-electron chi connectivity index (χ2n) is 6.27. The minimum absolute atomic E-state index is 0.0130. The molecule has 11 heteroatoms. The molecule has 1 aromatic rings. The van der Waals surface area contributed by atoms with Gasteiger partial charge in [-0.25, -0.2) is 8.42 Å². The highest BCUT2D eigenvalue weighted by Gasteiger charge is 2.34. The van der Waals surface area contributed by atoms with Gasteiger partial charge in [0.25, 0.3) is 11.4 Å². The van der Waals surface area contributed by atoms with Crippen LogP contribution in [0.4, 0.5) is 17.1 Å². The first kappa shape index (κ1) is 17.5. The Morgan fingerprint density at radius 2 is 1.72 bits per heavy atom. The zero-order chi connectivity index (χ0) is 18.2. The van der Waals surface area contributed by atoms with E-state index in [2.05, 4.69) is 4.90 Å². The quantitative estimate of drug-likeness (QED) is 0.563. The van der Waals surface area contributed by atoms with Crippen molar-refractivity contribution in [3.63, 3.8) is 0 Å². The van der Waals surface area contributed by atoms with Crippen molar-refractivity contribution in [3.8, 4) is 0 Å². The number of nitrogens with zero attached hydrogens (tertiary/aromatic N) is 4. The lowest BCUT2D eigenvalue weighted by Gasteiger charge is -2.38. The van der Waals surface area contributed by atoms with E-state index in [0.29, 0.717) is 38.3 Å². The van der Waals surface area contributed by atoms with Crippen LogP contribution in [0.3, 0.4) is 0 Å². The van der Waals surface area contributed by atoms with Crippen LogP contribution < -0.4 is 4.90 Å². The first-order chi connectivity index (χ1) is 11.8. The molecule has 0 N–H and O–H groups in total. The fraction of sp³-hybridized carbons (Fsp3) is 0.571. The van der Waals surface area contributed by atoms with Gasteiger partial charge in [0.15, 0.2) is 9.84 Å². The molecule has 2 aliphatic heterocycles. The molecule has 136 valence electrons. The van der Waals surface area contributed by atoms with Crippen LogP contribution in [0.5, 0.6) is 0 Å². The van der Waals surface area contributed by atoms with Crippen LogP contribution in [0.2, 0.25) is 0 Å². The molecule has 2 fully saturated rings. The van der Waals surface area contributed by atoms with E-state index in [4.69, 9.17) is 0 Å². The Kier molecular flexibility index (Phi) is 4.60. The van der Waals surface area contributed by atoms with E-state index in [1.807, 2.05) is 4.90 Å². The van der Waals surface area contributed by atoms with Gasteiger partial charge in [0.05, 0.1) is 27.4 Å². The fourth-order valence-corrected chi connectivity index (χ4v) is 5.19. The van der Waals surface area contributed by atoms with Gasteiger partial charge >= 0.3 is 0 Å². The van der Waals surface area contributed by atoms with E-state index >= 15 is 0 Å². The summed E-state index contributed by atoms with van der Waals surface area (Å²) in [5, 5.41) is 22.1. The zero-order valence-electron chi connectivity index (χ0n) is 13.4. The minimum atomic E-state index is -2.95. The first-order valence-corrected chi connectivity index (χ1v) is 9.71. The van der Waals surface area contributed by atoms with Crippen LogP contribution in [0, 0.1) is 20.2 Å². The number of hydrogen-bond donors (Lipinski definition) is 0. The molecule has 2 saturated heterocycles. The van der Waals surface area contributed by atoms with Gasteiger partial charge < -0.3 is 4.90 Å². The van der Waals surface area contributed by atoms with E-state index < -0.39 is 19.7 Å². The Balaban J connectivity index is 1.72. The zero-order valence-corrected chi connectivity index (χ0v) is 14.2. The molecule has 0 bridgehead atoms. The molecular weight excluding hydrogens is 352 g/mol. The van der Waals surface area contributed by atoms with Crippen molar-refractivity contribution < 1.29 is 18.3 Å². The van der Waals surface area contributed by atoms with Gasteiger partial charge in [-0.1, -0.05) is 0 Å². The molecular formula is C14H18N4O6S. The molecule has 0 saturated carbocycles. The highest BCUT2D eigenvalue weighted by molar-refractivity contribution is 7.91. The summed E-state index contributed by atoms with van der Waals surface area (Å²) < 4.78 is 23.2. The Hall–Kier alpha value is -2.27. The summed E-state index contributed by atoms with van der Waals surface area (Å²) in [6.07, 6.45) is 0.625. The van der Waals surface area contributed by atoms with Crippen molar-refractivity contribution in [2.75, 3.05) is 42.6 Å². The van der Waals surface area contributed by atoms with Crippen LogP contribution in [-0.2, 0) is 9.84 Å². The highest BCUT2D eigenvalue weighted by atomic mass is 32.2. The number of anilines is 1. The maximum Gasteiger partial charge on any atom is 0.299 e. The molecule has 25 heavy (non-hydrogen) atoms. The number of piperazine rings is 1. The number of nitro groups is 2. The molecule has 0 radical (unpaired) electrons. The fourth-order valence-electron chi connectivity index (χ4n) is 3.43. The number of benzene rings is 1. The highest BCUT2D eigenvalue weighted by Crippen LogP contribution is 2.33. The number of rotatable bonds is 4. The number of sulfone groups is 1. The smallest absolute Gasteiger partial charge is 0.299 e. The van der Waals surface area contributed by atoms with Crippen LogP contribution >= 0.6 is 0 Å². The van der Waals surface area contributed by atoms with Crippen molar-refractivity contribution in [1.29, 1.82) is 0 Å². The van der Waals surface area contributed by atoms with Gasteiger partial charge in [0, 0.05) is 38.3 Å². The normalized spacial score (nSPS) is 23.5. The molecule has 0 aliphatic carbocycles. The molecule has 1 unspecified atom stereocenters. The lowest BCUT2D eigenvalue weighted by molar-refractivity contribution is -0.393. The summed E-state index contributed by atoms with van der Waals surface area (Å²) in [6.45, 7) is 2.23. The Labute approximate surface area is 144 Å². The maximum absolute atomic E-state index is 11.6. The summed E-state index contributed by atoms with van der Waals surface area (Å²) in [6, 6.07) is 3.66. The van der Waals surface area contributed by atoms with Gasteiger partial charge in [-0.3, -0.25) is 25.1 Å². The van der Waals surface area contributed by atoms with Crippen molar-refractivity contribution in [2.24, 2.45) is 0 Å². The average molecular weight is 370 g/mol. The third-order valence-corrected chi connectivity index (χ3v) is 6.50. The van der Waals surface area contributed by atoms with Gasteiger partial charge in [0.1, 0.15) is 5.69 Å². The molecule has 0 aromatic heterocycles. The monoisotopic (exact) mass is 370 g/mol. The molecule has 1 atom stereocenters. The van der Waals surface area contributed by atoms with E-state index in [9.17, 15) is 28.6 Å². The largest absolute Gasteiger partial charge is 0.363 e. The standard InChI is InChI=1S/C14H18N4O6S/c19-17(20)11-1-2-13(14(9-11)18(21)22)16-6-4-15(5-7-16)12-3-8-25(23,24)10-12/h1-2,9,12H,3-8,10H2. The summed E-state index contributed by atoms with van der Waals surface area (Å²) in [5.41, 5.74) is -0.245. The van der Waals surface area contributed by atoms with Gasteiger partial charge in [-0.05, 0) is 12.5 Å². The Morgan fingerprint density at radius 3 is 2.24 bits per heavy atom. The lowest BCUT2D eigenvalue weighted by Crippen LogP contribution is -2.50. The summed E-state index contributed by atoms with van der Waals surface area (Å²) >= 11 is 0. The number of non-ortho nitro benzene ring substituents is 1. The topological polar surface area (TPSA) is 127 Å². The van der Waals surface area contributed by atoms with Crippen molar-refractivity contribution in [2.45, 2.75) is 12.5 Å². The van der Waals surface area contributed by atoms with E-state index in [0.717, 1.165) is 6.07 Å². The van der Waals surface area contributed by atoms with Crippen LogP contribution in [0.25, 0.3) is 0 Å². The number of hydrogen-bond acceptors (Lipinski definition) is 8. The predicted octanol–water partition coefficient (Wildman–Crippen LogP) is 0.812. The summed E-state index contributed by atoms with van der Waals surface area (Å²) in [5.74, 6) is 0.385. The summed E-state index contributed by atoms with van der Waals surface area (Å²) in [4.78, 5) is 24.7. The molecule has 0 amide bonds. The molecule has 10 nitrogen and oxygen atoms in total. The Morgan fingerprint density at radius 1 is 1.04 bits per heavy atom. The second-order valence-corrected chi connectivity index (χ2v) is 8.50. The average Bonchev–Trinajstić information content (AvgIpc) is 2.94. The van der Waals surface area contributed by atoms with Gasteiger partial charge in [0.2, 0.25) is 0 Å². The third kappa shape index (κ3) is 3.71. The van der Waals surface area contributed by atoms with Crippen LogP contribution in [0.15, 0.2) is 18.2 Å². The van der Waals surface area contributed by atoms with E-state index in [1.165, 1.54) is 12.1 Å². The molecule has 0 spiro atoms. The number of nitro benzene ring substituents is 2. The molecule has 1 aromatic carbocycles. The van der Waals surface area contributed by atoms with Crippen molar-refractivity contribution in [3.05, 3.63) is 38.4 Å². The van der Waals surface area contributed by atoms with Crippen LogP contribution in [-0.4, -0.2) is 66.9 Å². The predicted molar refractivity (Wildman–Crippen MR) is 90.6 cm³/mol. The Bertz CT molecular complexity index is 804. The molecule has 2 heterocycles. The lowest BCUT2D eigenvalue weighted by atomic mass is 10.1. The molecule has 2 aliphatic rings. The van der Waals surface area contributed by atoms with Crippen LogP contribution in [0.1, 0.15) is 6.42 Å². The van der Waals surface area contributed by atoms with Crippen molar-refractivity contribution >= 4 is 26.9 Å². The van der Waals surface area contributed by atoms with E-state index in [1.54, 1.807) is 0 Å². The third-order valence-electron chi connectivity index (χ3n) is 4.75. The van der Waals surface area contributed by atoms with Gasteiger partial charge in [-0.15, -0.1) is 0 Å². The molecule has 3 rings (SSSR count). The SMILES string of the molecule is O=[N+]([O-])c1ccc(N2CCN(C3CCS(=O)(=O)C3)CC2)c([N+](=O)[O-])c1. The minimum Gasteiger partial charge on any atom is -0.363 e. The summed E-state index contributed by atoms with van der Waals surface area (Å²) in [7, 11) is -2.95. The van der Waals surface area contributed by atoms with E-state index in [-0.39, 0.29) is 28.9 Å².